The van der Waals surface area contributed by atoms with Crippen LogP contribution in [-0.2, 0) is 29.8 Å². The lowest BCUT2D eigenvalue weighted by Gasteiger charge is -2.38. The van der Waals surface area contributed by atoms with Crippen LogP contribution in [0, 0.1) is 6.92 Å². The molecular formula is C23H26N2O5S. The van der Waals surface area contributed by atoms with Crippen molar-refractivity contribution in [3.8, 4) is 0 Å². The third-order valence-electron chi connectivity index (χ3n) is 6.22. The topological polar surface area (TPSA) is 92.8 Å². The Bertz CT molecular complexity index is 1070. The molecule has 2 heterocycles. The molecule has 8 heteroatoms. The van der Waals surface area contributed by atoms with E-state index in [0.717, 1.165) is 28.9 Å². The first-order valence-electron chi connectivity index (χ1n) is 10.4. The lowest BCUT2D eigenvalue weighted by atomic mass is 9.73. The van der Waals surface area contributed by atoms with Gasteiger partial charge in [0.2, 0.25) is 21.8 Å². The summed E-state index contributed by atoms with van der Waals surface area (Å²) in [6.45, 7) is 3.49. The van der Waals surface area contributed by atoms with E-state index in [1.54, 1.807) is 0 Å². The minimum atomic E-state index is -3.77. The number of hydrogen-bond donors (Lipinski definition) is 1. The van der Waals surface area contributed by atoms with Crippen LogP contribution in [0.5, 0.6) is 0 Å². The molecule has 0 aliphatic carbocycles. The third kappa shape index (κ3) is 4.28. The number of benzene rings is 2. The maximum absolute atomic E-state index is 13.0. The first-order valence-corrected chi connectivity index (χ1v) is 11.9. The molecule has 0 unspecified atom stereocenters. The van der Waals surface area contributed by atoms with E-state index in [0.29, 0.717) is 18.9 Å². The van der Waals surface area contributed by atoms with Crippen molar-refractivity contribution in [3.63, 3.8) is 0 Å². The molecule has 0 bridgehead atoms. The van der Waals surface area contributed by atoms with E-state index < -0.39 is 10.0 Å². The second-order valence-electron chi connectivity index (χ2n) is 8.15. The molecule has 0 aromatic heterocycles. The number of anilines is 1. The van der Waals surface area contributed by atoms with E-state index in [2.05, 4.69) is 10.8 Å². The minimum Gasteiger partial charge on any atom is -0.381 e. The summed E-state index contributed by atoms with van der Waals surface area (Å²) in [7, 11) is -3.77. The van der Waals surface area contributed by atoms with E-state index in [9.17, 15) is 18.0 Å². The van der Waals surface area contributed by atoms with Crippen molar-refractivity contribution < 1.29 is 22.7 Å². The number of carbonyl (C=O) groups excluding carboxylic acids is 2. The van der Waals surface area contributed by atoms with E-state index in [1.807, 2.05) is 25.1 Å². The highest BCUT2D eigenvalue weighted by atomic mass is 32.2. The molecule has 1 N–H and O–H groups in total. The fourth-order valence-electron chi connectivity index (χ4n) is 4.43. The molecule has 4 rings (SSSR count). The van der Waals surface area contributed by atoms with Crippen LogP contribution >= 0.6 is 0 Å². The quantitative estimate of drug-likeness (QED) is 0.695. The lowest BCUT2D eigenvalue weighted by Crippen LogP contribution is -2.45. The molecule has 2 aliphatic rings. The molecule has 7 nitrogen and oxygen atoms in total. The molecule has 0 radical (unpaired) electrons. The van der Waals surface area contributed by atoms with E-state index in [1.165, 1.54) is 24.3 Å². The molecule has 164 valence electrons. The van der Waals surface area contributed by atoms with Crippen molar-refractivity contribution in [2.24, 2.45) is 0 Å². The smallest absolute Gasteiger partial charge is 0.240 e. The highest BCUT2D eigenvalue weighted by Gasteiger charge is 2.37. The number of rotatable bonds is 6. The van der Waals surface area contributed by atoms with Gasteiger partial charge in [-0.15, -0.1) is 0 Å². The van der Waals surface area contributed by atoms with E-state index >= 15 is 0 Å². The number of amides is 2. The molecule has 2 amide bonds. The monoisotopic (exact) mass is 442 g/mol. The highest BCUT2D eigenvalue weighted by molar-refractivity contribution is 7.89. The summed E-state index contributed by atoms with van der Waals surface area (Å²) in [5.74, 6) is -0.531. The number of sulfonamides is 1. The maximum atomic E-state index is 13.0. The van der Waals surface area contributed by atoms with Crippen LogP contribution < -0.4 is 9.62 Å². The average Bonchev–Trinajstić information content (AvgIpc) is 3.11. The van der Waals surface area contributed by atoms with Crippen molar-refractivity contribution in [2.45, 2.75) is 42.9 Å². The van der Waals surface area contributed by atoms with Crippen LogP contribution in [0.4, 0.5) is 5.69 Å². The van der Waals surface area contributed by atoms with Gasteiger partial charge in [-0.3, -0.25) is 14.5 Å². The summed E-state index contributed by atoms with van der Waals surface area (Å²) in [4.78, 5) is 25.0. The molecule has 0 atom stereocenters. The second kappa shape index (κ2) is 8.53. The summed E-state index contributed by atoms with van der Waals surface area (Å²) < 4.78 is 34.3. The summed E-state index contributed by atoms with van der Waals surface area (Å²) in [5, 5.41) is 0. The van der Waals surface area contributed by atoms with Gasteiger partial charge in [-0.1, -0.05) is 24.3 Å². The minimum absolute atomic E-state index is 0.0994. The molecular weight excluding hydrogens is 416 g/mol. The fraction of sp³-hybridized carbons (Fsp3) is 0.391. The van der Waals surface area contributed by atoms with Crippen molar-refractivity contribution in [2.75, 3.05) is 24.7 Å². The van der Waals surface area contributed by atoms with Gasteiger partial charge >= 0.3 is 0 Å². The molecule has 2 aromatic carbocycles. The van der Waals surface area contributed by atoms with Gasteiger partial charge < -0.3 is 4.74 Å². The molecule has 2 fully saturated rings. The van der Waals surface area contributed by atoms with E-state index in [4.69, 9.17) is 4.74 Å². The lowest BCUT2D eigenvalue weighted by molar-refractivity contribution is -0.121. The van der Waals surface area contributed by atoms with Crippen molar-refractivity contribution in [1.29, 1.82) is 0 Å². The fourth-order valence-corrected chi connectivity index (χ4v) is 5.55. The number of ether oxygens (including phenoxy) is 1. The predicted octanol–water partition coefficient (Wildman–Crippen LogP) is 2.68. The normalized spacial score (nSPS) is 19.1. The Kier molecular flexibility index (Phi) is 5.96. The van der Waals surface area contributed by atoms with Gasteiger partial charge in [0, 0.05) is 38.0 Å². The van der Waals surface area contributed by atoms with Gasteiger partial charge in [0.25, 0.3) is 0 Å². The first kappa shape index (κ1) is 21.7. The Morgan fingerprint density at radius 3 is 2.19 bits per heavy atom. The predicted molar refractivity (Wildman–Crippen MR) is 116 cm³/mol. The molecule has 0 spiro atoms. The standard InChI is InChI=1S/C23H26N2O5S/c1-17-4-2-3-5-20(17)23(12-14-30-15-13-23)16-24-31(28,29)19-8-6-18(7-9-19)25-21(26)10-11-22(25)27/h2-9,24H,10-16H2,1H3. The molecule has 31 heavy (non-hydrogen) atoms. The Labute approximate surface area is 182 Å². The number of imide groups is 1. The van der Waals surface area contributed by atoms with Crippen LogP contribution in [0.2, 0.25) is 0 Å². The van der Waals surface area contributed by atoms with Gasteiger partial charge in [-0.2, -0.15) is 0 Å². The molecule has 0 saturated carbocycles. The number of hydrogen-bond acceptors (Lipinski definition) is 5. The van der Waals surface area contributed by atoms with Crippen molar-refractivity contribution in [1.82, 2.24) is 4.72 Å². The zero-order valence-corrected chi connectivity index (χ0v) is 18.3. The SMILES string of the molecule is Cc1ccccc1C1(CNS(=O)(=O)c2ccc(N3C(=O)CCC3=O)cc2)CCOCC1. The zero-order chi connectivity index (χ0) is 22.1. The first-order chi connectivity index (χ1) is 14.8. The largest absolute Gasteiger partial charge is 0.381 e. The van der Waals surface area contributed by atoms with Crippen LogP contribution in [0.3, 0.4) is 0 Å². The Hall–Kier alpha value is -2.55. The van der Waals surface area contributed by atoms with Crippen LogP contribution in [0.15, 0.2) is 53.4 Å². The maximum Gasteiger partial charge on any atom is 0.240 e. The summed E-state index contributed by atoms with van der Waals surface area (Å²) in [6.07, 6.45) is 1.84. The number of aryl methyl sites for hydroxylation is 1. The summed E-state index contributed by atoms with van der Waals surface area (Å²) >= 11 is 0. The van der Waals surface area contributed by atoms with Crippen LogP contribution in [-0.4, -0.2) is 40.0 Å². The van der Waals surface area contributed by atoms with Crippen LogP contribution in [0.1, 0.15) is 36.8 Å². The second-order valence-corrected chi connectivity index (χ2v) is 9.92. The number of carbonyl (C=O) groups is 2. The summed E-state index contributed by atoms with van der Waals surface area (Å²) in [5.41, 5.74) is 2.34. The summed E-state index contributed by atoms with van der Waals surface area (Å²) in [6, 6.07) is 13.9. The Morgan fingerprint density at radius 2 is 1.58 bits per heavy atom. The van der Waals surface area contributed by atoms with Crippen LogP contribution in [0.25, 0.3) is 0 Å². The Balaban J connectivity index is 1.54. The Morgan fingerprint density at radius 1 is 0.968 bits per heavy atom. The van der Waals surface area contributed by atoms with Gasteiger partial charge in [0.05, 0.1) is 10.6 Å². The molecule has 2 aliphatic heterocycles. The average molecular weight is 443 g/mol. The highest BCUT2D eigenvalue weighted by Crippen LogP contribution is 2.36. The van der Waals surface area contributed by atoms with Gasteiger partial charge in [-0.05, 0) is 55.2 Å². The van der Waals surface area contributed by atoms with Crippen molar-refractivity contribution in [3.05, 3.63) is 59.7 Å². The number of nitrogens with zero attached hydrogens (tertiary/aromatic N) is 1. The van der Waals surface area contributed by atoms with Gasteiger partial charge in [0.15, 0.2) is 0 Å². The molecule has 2 saturated heterocycles. The number of nitrogens with one attached hydrogen (secondary N) is 1. The zero-order valence-electron chi connectivity index (χ0n) is 17.5. The van der Waals surface area contributed by atoms with Gasteiger partial charge in [0.1, 0.15) is 0 Å². The van der Waals surface area contributed by atoms with Gasteiger partial charge in [-0.25, -0.2) is 13.1 Å². The third-order valence-corrected chi connectivity index (χ3v) is 7.64. The van der Waals surface area contributed by atoms with Crippen molar-refractivity contribution >= 4 is 27.5 Å². The molecule has 2 aromatic rings. The van der Waals surface area contributed by atoms with E-state index in [-0.39, 0.29) is 41.5 Å².